The first kappa shape index (κ1) is 13.1. The molecular formula is C10H11FN2O4. The van der Waals surface area contributed by atoms with E-state index in [0.29, 0.717) is 6.29 Å². The van der Waals surface area contributed by atoms with E-state index >= 15 is 0 Å². The Morgan fingerprint density at radius 1 is 1.53 bits per heavy atom. The SMILES string of the molecule is NNOC(=O)CCOc1ccc(C=O)cc1F. The van der Waals surface area contributed by atoms with Crippen LogP contribution in [-0.4, -0.2) is 18.9 Å². The molecule has 92 valence electrons. The summed E-state index contributed by atoms with van der Waals surface area (Å²) in [7, 11) is 0. The lowest BCUT2D eigenvalue weighted by molar-refractivity contribution is -0.151. The van der Waals surface area contributed by atoms with E-state index in [1.165, 1.54) is 12.1 Å². The normalized spacial score (nSPS) is 9.76. The topological polar surface area (TPSA) is 90.7 Å². The van der Waals surface area contributed by atoms with Gasteiger partial charge in [-0.15, -0.1) is 0 Å². The molecule has 0 fully saturated rings. The zero-order chi connectivity index (χ0) is 12.7. The summed E-state index contributed by atoms with van der Waals surface area (Å²) in [6.45, 7) is -0.0577. The summed E-state index contributed by atoms with van der Waals surface area (Å²) in [6.07, 6.45) is 0.441. The van der Waals surface area contributed by atoms with Crippen LogP contribution in [0.1, 0.15) is 16.8 Å². The molecule has 0 spiro atoms. The van der Waals surface area contributed by atoms with Crippen molar-refractivity contribution in [3.63, 3.8) is 0 Å². The standard InChI is InChI=1S/C10H11FN2O4/c11-8-5-7(6-14)1-2-9(8)16-4-3-10(15)17-13-12/h1-2,5-6,13H,3-4,12H2. The minimum atomic E-state index is -0.667. The summed E-state index contributed by atoms with van der Waals surface area (Å²) in [5, 5.41) is 0. The third-order valence-electron chi connectivity index (χ3n) is 1.83. The fourth-order valence-electron chi connectivity index (χ4n) is 1.07. The first-order chi connectivity index (χ1) is 8.17. The fourth-order valence-corrected chi connectivity index (χ4v) is 1.07. The van der Waals surface area contributed by atoms with Crippen molar-refractivity contribution < 1.29 is 23.6 Å². The molecule has 1 aromatic rings. The Hall–Kier alpha value is -1.99. The number of carbonyl (C=O) groups is 2. The Bertz CT molecular complexity index is 411. The molecule has 0 saturated heterocycles. The zero-order valence-corrected chi connectivity index (χ0v) is 8.81. The number of nitrogens with two attached hydrogens (primary N) is 1. The summed E-state index contributed by atoms with van der Waals surface area (Å²) >= 11 is 0. The number of halogens is 1. The Labute approximate surface area is 96.4 Å². The van der Waals surface area contributed by atoms with Crippen LogP contribution in [0.25, 0.3) is 0 Å². The second-order valence-electron chi connectivity index (χ2n) is 3.00. The predicted octanol–water partition coefficient (Wildman–Crippen LogP) is 0.329. The summed E-state index contributed by atoms with van der Waals surface area (Å²) in [4.78, 5) is 25.4. The summed E-state index contributed by atoms with van der Waals surface area (Å²) in [5.41, 5.74) is 1.93. The van der Waals surface area contributed by atoms with Crippen LogP contribution in [0.3, 0.4) is 0 Å². The average molecular weight is 242 g/mol. The molecule has 0 radical (unpaired) electrons. The first-order valence-corrected chi connectivity index (χ1v) is 4.70. The lowest BCUT2D eigenvalue weighted by atomic mass is 10.2. The van der Waals surface area contributed by atoms with E-state index < -0.39 is 11.8 Å². The Balaban J connectivity index is 2.47. The van der Waals surface area contributed by atoms with Crippen LogP contribution in [0.2, 0.25) is 0 Å². The number of hydrogen-bond acceptors (Lipinski definition) is 6. The van der Waals surface area contributed by atoms with Crippen molar-refractivity contribution in [2.75, 3.05) is 6.61 Å². The van der Waals surface area contributed by atoms with Crippen LogP contribution in [0.5, 0.6) is 5.75 Å². The zero-order valence-electron chi connectivity index (χ0n) is 8.81. The van der Waals surface area contributed by atoms with Gasteiger partial charge in [-0.05, 0) is 18.2 Å². The van der Waals surface area contributed by atoms with Gasteiger partial charge < -0.3 is 9.57 Å². The molecule has 7 heteroatoms. The first-order valence-electron chi connectivity index (χ1n) is 4.70. The molecule has 0 bridgehead atoms. The number of ether oxygens (including phenoxy) is 1. The van der Waals surface area contributed by atoms with Crippen molar-refractivity contribution >= 4 is 12.3 Å². The van der Waals surface area contributed by atoms with Crippen molar-refractivity contribution in [2.45, 2.75) is 6.42 Å². The molecular weight excluding hydrogens is 231 g/mol. The number of rotatable bonds is 6. The smallest absolute Gasteiger partial charge is 0.329 e. The van der Waals surface area contributed by atoms with Crippen LogP contribution in [-0.2, 0) is 9.63 Å². The van der Waals surface area contributed by atoms with Crippen LogP contribution in [0.4, 0.5) is 4.39 Å². The Morgan fingerprint density at radius 2 is 2.29 bits per heavy atom. The van der Waals surface area contributed by atoms with Gasteiger partial charge in [0, 0.05) is 5.56 Å². The van der Waals surface area contributed by atoms with E-state index in [4.69, 9.17) is 10.6 Å². The number of carbonyl (C=O) groups excluding carboxylic acids is 2. The number of benzene rings is 1. The van der Waals surface area contributed by atoms with Gasteiger partial charge in [-0.2, -0.15) is 0 Å². The largest absolute Gasteiger partial charge is 0.490 e. The van der Waals surface area contributed by atoms with Crippen molar-refractivity contribution in [1.29, 1.82) is 0 Å². The monoisotopic (exact) mass is 242 g/mol. The van der Waals surface area contributed by atoms with Gasteiger partial charge >= 0.3 is 5.97 Å². The Morgan fingerprint density at radius 3 is 2.88 bits per heavy atom. The second-order valence-corrected chi connectivity index (χ2v) is 3.00. The molecule has 1 rings (SSSR count). The maximum atomic E-state index is 13.3. The lowest BCUT2D eigenvalue weighted by Crippen LogP contribution is -2.27. The molecule has 6 nitrogen and oxygen atoms in total. The summed E-state index contributed by atoms with van der Waals surface area (Å²) < 4.78 is 18.3. The average Bonchev–Trinajstić information content (AvgIpc) is 2.31. The molecule has 0 aliphatic rings. The van der Waals surface area contributed by atoms with Crippen molar-refractivity contribution in [2.24, 2.45) is 5.84 Å². The van der Waals surface area contributed by atoms with E-state index in [1.807, 2.05) is 0 Å². The molecule has 0 unspecified atom stereocenters. The van der Waals surface area contributed by atoms with Gasteiger partial charge in [0.25, 0.3) is 0 Å². The summed E-state index contributed by atoms with van der Waals surface area (Å²) in [6, 6.07) is 3.76. The van der Waals surface area contributed by atoms with Crippen molar-refractivity contribution in [3.8, 4) is 5.75 Å². The van der Waals surface area contributed by atoms with E-state index in [1.54, 1.807) is 5.59 Å². The third-order valence-corrected chi connectivity index (χ3v) is 1.83. The minimum Gasteiger partial charge on any atom is -0.490 e. The van der Waals surface area contributed by atoms with Crippen LogP contribution < -0.4 is 16.2 Å². The van der Waals surface area contributed by atoms with E-state index in [-0.39, 0.29) is 24.3 Å². The third kappa shape index (κ3) is 4.17. The number of nitrogens with one attached hydrogen (secondary N) is 1. The molecule has 17 heavy (non-hydrogen) atoms. The highest BCUT2D eigenvalue weighted by Gasteiger charge is 2.07. The molecule has 0 saturated carbocycles. The molecule has 0 aliphatic carbocycles. The van der Waals surface area contributed by atoms with Gasteiger partial charge in [0.1, 0.15) is 6.29 Å². The van der Waals surface area contributed by atoms with Crippen LogP contribution >= 0.6 is 0 Å². The molecule has 3 N–H and O–H groups in total. The molecule has 0 heterocycles. The molecule has 0 aromatic heterocycles. The van der Waals surface area contributed by atoms with Crippen molar-refractivity contribution in [3.05, 3.63) is 29.6 Å². The summed E-state index contributed by atoms with van der Waals surface area (Å²) in [5.74, 6) is 3.41. The van der Waals surface area contributed by atoms with Gasteiger partial charge in [-0.25, -0.2) is 10.2 Å². The van der Waals surface area contributed by atoms with Crippen LogP contribution in [0.15, 0.2) is 18.2 Å². The van der Waals surface area contributed by atoms with Gasteiger partial charge in [0.15, 0.2) is 11.6 Å². The molecule has 0 amide bonds. The van der Waals surface area contributed by atoms with Gasteiger partial charge in [0.2, 0.25) is 0 Å². The Kier molecular flexibility index (Phi) is 5.05. The minimum absolute atomic E-state index is 0.0379. The molecule has 0 aliphatic heterocycles. The number of hydrogen-bond donors (Lipinski definition) is 2. The van der Waals surface area contributed by atoms with Gasteiger partial charge in [-0.1, -0.05) is 5.59 Å². The van der Waals surface area contributed by atoms with E-state index in [2.05, 4.69) is 4.84 Å². The number of aldehydes is 1. The number of hydrazine groups is 1. The molecule has 1 aromatic carbocycles. The predicted molar refractivity (Wildman–Crippen MR) is 55.3 cm³/mol. The van der Waals surface area contributed by atoms with Crippen LogP contribution in [0, 0.1) is 5.82 Å². The van der Waals surface area contributed by atoms with E-state index in [0.717, 1.165) is 6.07 Å². The van der Waals surface area contributed by atoms with Gasteiger partial charge in [0.05, 0.1) is 13.0 Å². The maximum absolute atomic E-state index is 13.3. The highest BCUT2D eigenvalue weighted by atomic mass is 19.1. The maximum Gasteiger partial charge on any atom is 0.329 e. The quantitative estimate of drug-likeness (QED) is 0.424. The lowest BCUT2D eigenvalue weighted by Gasteiger charge is -2.06. The van der Waals surface area contributed by atoms with Crippen molar-refractivity contribution in [1.82, 2.24) is 5.59 Å². The highest BCUT2D eigenvalue weighted by molar-refractivity contribution is 5.75. The van der Waals surface area contributed by atoms with Gasteiger partial charge in [-0.3, -0.25) is 9.59 Å². The fraction of sp³-hybridized carbons (Fsp3) is 0.200. The highest BCUT2D eigenvalue weighted by Crippen LogP contribution is 2.17. The second kappa shape index (κ2) is 6.56. The molecule has 0 atom stereocenters. The van der Waals surface area contributed by atoms with E-state index in [9.17, 15) is 14.0 Å².